The molecule has 2 amide bonds. The van der Waals surface area contributed by atoms with E-state index >= 15 is 0 Å². The number of hydrogen-bond acceptors (Lipinski definition) is 3. The largest absolute Gasteiger partial charge is 0.478 e. The topological polar surface area (TPSA) is 74.7 Å². The zero-order valence-corrected chi connectivity index (χ0v) is 11.3. The van der Waals surface area contributed by atoms with Crippen molar-refractivity contribution in [3.05, 3.63) is 35.4 Å². The lowest BCUT2D eigenvalue weighted by Gasteiger charge is -2.28. The second-order valence-corrected chi connectivity index (χ2v) is 5.16. The van der Waals surface area contributed by atoms with E-state index in [9.17, 15) is 14.4 Å². The lowest BCUT2D eigenvalue weighted by atomic mass is 9.97. The van der Waals surface area contributed by atoms with E-state index < -0.39 is 5.97 Å². The van der Waals surface area contributed by atoms with Gasteiger partial charge in [-0.1, -0.05) is 25.1 Å². The van der Waals surface area contributed by atoms with Crippen molar-refractivity contribution in [2.45, 2.75) is 26.2 Å². The summed E-state index contributed by atoms with van der Waals surface area (Å²) in [7, 11) is 0. The summed E-state index contributed by atoms with van der Waals surface area (Å²) >= 11 is 0. The number of benzene rings is 1. The second-order valence-electron chi connectivity index (χ2n) is 5.16. The first kappa shape index (κ1) is 14.2. The molecule has 1 heterocycles. The Balaban J connectivity index is 2.07. The zero-order valence-electron chi connectivity index (χ0n) is 11.3. The van der Waals surface area contributed by atoms with Gasteiger partial charge in [-0.3, -0.25) is 14.5 Å². The van der Waals surface area contributed by atoms with E-state index in [2.05, 4.69) is 0 Å². The van der Waals surface area contributed by atoms with Gasteiger partial charge in [0.25, 0.3) is 0 Å². The van der Waals surface area contributed by atoms with Gasteiger partial charge in [-0.15, -0.1) is 0 Å². The van der Waals surface area contributed by atoms with E-state index in [0.717, 1.165) is 0 Å². The maximum Gasteiger partial charge on any atom is 0.335 e. The fraction of sp³-hybridized carbons (Fsp3) is 0.400. The number of rotatable bonds is 4. The summed E-state index contributed by atoms with van der Waals surface area (Å²) < 4.78 is 0. The van der Waals surface area contributed by atoms with Crippen molar-refractivity contribution in [3.63, 3.8) is 0 Å². The summed E-state index contributed by atoms with van der Waals surface area (Å²) in [5.41, 5.74) is 0.858. The Morgan fingerprint density at radius 2 is 1.85 bits per heavy atom. The van der Waals surface area contributed by atoms with Crippen LogP contribution in [-0.4, -0.2) is 34.3 Å². The molecule has 0 bridgehead atoms. The molecule has 0 spiro atoms. The highest BCUT2D eigenvalue weighted by atomic mass is 16.4. The Morgan fingerprint density at radius 3 is 2.45 bits per heavy atom. The molecule has 1 aliphatic rings. The number of piperidine rings is 1. The average Bonchev–Trinajstić information content (AvgIpc) is 2.37. The molecule has 1 saturated heterocycles. The van der Waals surface area contributed by atoms with Crippen LogP contribution in [0.4, 0.5) is 0 Å². The standard InChI is InChI=1S/C15H17NO4/c1-10-8-13(17)16(14(18)9-10)7-6-11-4-2-3-5-12(11)15(19)20/h2-5,10H,6-9H2,1H3,(H,19,20). The molecular weight excluding hydrogens is 258 g/mol. The van der Waals surface area contributed by atoms with Crippen molar-refractivity contribution in [3.8, 4) is 0 Å². The third kappa shape index (κ3) is 3.04. The maximum atomic E-state index is 11.8. The van der Waals surface area contributed by atoms with E-state index in [1.165, 1.54) is 11.0 Å². The number of nitrogens with zero attached hydrogens (tertiary/aromatic N) is 1. The van der Waals surface area contributed by atoms with Crippen LogP contribution in [0.2, 0.25) is 0 Å². The number of hydrogen-bond donors (Lipinski definition) is 1. The van der Waals surface area contributed by atoms with Crippen molar-refractivity contribution in [1.82, 2.24) is 4.90 Å². The lowest BCUT2D eigenvalue weighted by Crippen LogP contribution is -2.43. The quantitative estimate of drug-likeness (QED) is 0.849. The molecule has 0 unspecified atom stereocenters. The van der Waals surface area contributed by atoms with Gasteiger partial charge in [0.15, 0.2) is 0 Å². The van der Waals surface area contributed by atoms with Crippen LogP contribution in [0.25, 0.3) is 0 Å². The van der Waals surface area contributed by atoms with Crippen molar-refractivity contribution in [2.24, 2.45) is 5.92 Å². The molecule has 1 aromatic carbocycles. The number of aromatic carboxylic acids is 1. The molecule has 1 fully saturated rings. The average molecular weight is 275 g/mol. The predicted molar refractivity (Wildman–Crippen MR) is 72.2 cm³/mol. The third-order valence-electron chi connectivity index (χ3n) is 3.50. The molecule has 1 aliphatic heterocycles. The minimum absolute atomic E-state index is 0.0950. The molecule has 106 valence electrons. The van der Waals surface area contributed by atoms with E-state index in [4.69, 9.17) is 5.11 Å². The molecule has 5 heteroatoms. The van der Waals surface area contributed by atoms with Crippen molar-refractivity contribution in [2.75, 3.05) is 6.54 Å². The molecule has 1 N–H and O–H groups in total. The van der Waals surface area contributed by atoms with Crippen molar-refractivity contribution in [1.29, 1.82) is 0 Å². The van der Waals surface area contributed by atoms with Gasteiger partial charge in [0.1, 0.15) is 0 Å². The molecule has 0 saturated carbocycles. The van der Waals surface area contributed by atoms with Crippen LogP contribution in [0, 0.1) is 5.92 Å². The van der Waals surface area contributed by atoms with Gasteiger partial charge in [-0.25, -0.2) is 4.79 Å². The van der Waals surface area contributed by atoms with Gasteiger partial charge in [-0.05, 0) is 24.0 Å². The fourth-order valence-corrected chi connectivity index (χ4v) is 2.46. The predicted octanol–water partition coefficient (Wildman–Crippen LogP) is 1.71. The Labute approximate surface area is 117 Å². The summed E-state index contributed by atoms with van der Waals surface area (Å²) in [6.45, 7) is 2.13. The number of imide groups is 1. The number of carbonyl (C=O) groups is 3. The Bertz CT molecular complexity index is 535. The highest BCUT2D eigenvalue weighted by Crippen LogP contribution is 2.19. The minimum Gasteiger partial charge on any atom is -0.478 e. The Kier molecular flexibility index (Phi) is 4.17. The van der Waals surface area contributed by atoms with Crippen LogP contribution in [0.5, 0.6) is 0 Å². The summed E-state index contributed by atoms with van der Waals surface area (Å²) in [4.78, 5) is 36.0. The molecule has 0 radical (unpaired) electrons. The van der Waals surface area contributed by atoms with E-state index in [1.807, 2.05) is 6.92 Å². The number of carboxylic acid groups (broad SMARTS) is 1. The zero-order chi connectivity index (χ0) is 14.7. The fourth-order valence-electron chi connectivity index (χ4n) is 2.46. The summed E-state index contributed by atoms with van der Waals surface area (Å²) in [6, 6.07) is 6.65. The first-order valence-electron chi connectivity index (χ1n) is 6.63. The molecular formula is C15H17NO4. The summed E-state index contributed by atoms with van der Waals surface area (Å²) in [5, 5.41) is 9.09. The van der Waals surface area contributed by atoms with Gasteiger partial charge in [-0.2, -0.15) is 0 Å². The lowest BCUT2D eigenvalue weighted by molar-refractivity contribution is -0.149. The summed E-state index contributed by atoms with van der Waals surface area (Å²) in [5.74, 6) is -1.23. The van der Waals surface area contributed by atoms with Crippen molar-refractivity contribution >= 4 is 17.8 Å². The van der Waals surface area contributed by atoms with Gasteiger partial charge in [0, 0.05) is 19.4 Å². The minimum atomic E-state index is -0.995. The summed E-state index contributed by atoms with van der Waals surface area (Å²) in [6.07, 6.45) is 1.13. The smallest absolute Gasteiger partial charge is 0.335 e. The SMILES string of the molecule is CC1CC(=O)N(CCc2ccccc2C(=O)O)C(=O)C1. The van der Waals surface area contributed by atoms with Gasteiger partial charge in [0.2, 0.25) is 11.8 Å². The third-order valence-corrected chi connectivity index (χ3v) is 3.50. The Hall–Kier alpha value is -2.17. The van der Waals surface area contributed by atoms with E-state index in [1.54, 1.807) is 18.2 Å². The van der Waals surface area contributed by atoms with Crippen LogP contribution in [-0.2, 0) is 16.0 Å². The number of carbonyl (C=O) groups excluding carboxylic acids is 2. The van der Waals surface area contributed by atoms with Crippen LogP contribution in [0.3, 0.4) is 0 Å². The molecule has 1 aromatic rings. The van der Waals surface area contributed by atoms with Gasteiger partial charge in [0.05, 0.1) is 5.56 Å². The highest BCUT2D eigenvalue weighted by Gasteiger charge is 2.29. The monoisotopic (exact) mass is 275 g/mol. The molecule has 0 aromatic heterocycles. The number of carboxylic acids is 1. The molecule has 2 rings (SSSR count). The number of amides is 2. The highest BCUT2D eigenvalue weighted by molar-refractivity contribution is 5.98. The molecule has 20 heavy (non-hydrogen) atoms. The van der Waals surface area contributed by atoms with Crippen LogP contribution >= 0.6 is 0 Å². The van der Waals surface area contributed by atoms with Crippen LogP contribution in [0.15, 0.2) is 24.3 Å². The van der Waals surface area contributed by atoms with Crippen LogP contribution < -0.4 is 0 Å². The maximum absolute atomic E-state index is 11.8. The normalized spacial score (nSPS) is 16.6. The molecule has 0 aliphatic carbocycles. The van der Waals surface area contributed by atoms with Crippen molar-refractivity contribution < 1.29 is 19.5 Å². The van der Waals surface area contributed by atoms with Gasteiger partial charge < -0.3 is 5.11 Å². The Morgan fingerprint density at radius 1 is 1.25 bits per heavy atom. The first-order chi connectivity index (χ1) is 9.49. The van der Waals surface area contributed by atoms with E-state index in [-0.39, 0.29) is 29.8 Å². The van der Waals surface area contributed by atoms with E-state index in [0.29, 0.717) is 24.8 Å². The van der Waals surface area contributed by atoms with Gasteiger partial charge >= 0.3 is 5.97 Å². The molecule has 5 nitrogen and oxygen atoms in total. The number of likely N-dealkylation sites (tertiary alicyclic amines) is 1. The van der Waals surface area contributed by atoms with Crippen LogP contribution in [0.1, 0.15) is 35.7 Å². The first-order valence-corrected chi connectivity index (χ1v) is 6.63. The second kappa shape index (κ2) is 5.86. The molecule has 0 atom stereocenters.